The average molecular weight is 1870 g/mol. The van der Waals surface area contributed by atoms with E-state index in [1.165, 1.54) is 223 Å². The molecule has 0 spiro atoms. The first-order valence-corrected chi connectivity index (χ1v) is 51.5. The summed E-state index contributed by atoms with van der Waals surface area (Å²) in [5, 5.41) is 4.73. The number of para-hydroxylation sites is 6. The zero-order valence-corrected chi connectivity index (χ0v) is 83.3. The van der Waals surface area contributed by atoms with Crippen molar-refractivity contribution in [2.75, 3.05) is 19.6 Å². The molecule has 146 heavy (non-hydrogen) atoms. The van der Waals surface area contributed by atoms with Gasteiger partial charge in [0, 0.05) is 33.0 Å². The molecule has 0 unspecified atom stereocenters. The molecule has 0 bridgehead atoms. The van der Waals surface area contributed by atoms with Crippen molar-refractivity contribution >= 4 is 89.8 Å². The summed E-state index contributed by atoms with van der Waals surface area (Å²) in [4.78, 5) is 10.2. The lowest BCUT2D eigenvalue weighted by Crippen LogP contribution is -2.38. The van der Waals surface area contributed by atoms with Gasteiger partial charge in [0.15, 0.2) is 0 Å². The standard InChI is InChI=1S/C73H58N2.C69H50N2/c1-47-23-33-53(34-24-47)72(54-35-25-48(2)26-36-54)62-17-9-12-20-67(62)74(68-21-13-10-18-63(68)72)57-41-31-52-44-58(42-32-51(52)43-57)75-69-22-14-11-19-64(69)73(55-37-27-49(3)28-38-55,56-39-29-50(4)30-40-56)66-45-60-59-15-7-8-16-61(59)71(5,6)65(60)46-70(66)75;1-67(2)55-36-16-15-33-51(55)54-45-60-66(46-59(54)67)71(65-42-22-19-39-58(65)69(60,49-29-11-5-12-30-49)50-31-13-6-14-32-50)62-44-24-34-52-53(62)35-23-43-61(52)70-63-40-20-17-37-56(63)68(47-25-7-3-8-26-47,48-27-9-4-10-28-48)57-38-18-21-41-64(57)70/h7-46H,1-6H3;3-46H,1-2H3. The Morgan fingerprint density at radius 2 is 0.370 bits per heavy atom. The highest BCUT2D eigenvalue weighted by atomic mass is 15.2. The van der Waals surface area contributed by atoms with Gasteiger partial charge in [0.25, 0.3) is 0 Å². The molecular weight excluding hydrogens is 1760 g/mol. The first-order chi connectivity index (χ1) is 71.6. The van der Waals surface area contributed by atoms with E-state index < -0.39 is 21.7 Å². The molecule has 0 saturated carbocycles. The Hall–Kier alpha value is -17.4. The van der Waals surface area contributed by atoms with Crippen LogP contribution < -0.4 is 19.6 Å². The predicted octanol–water partition coefficient (Wildman–Crippen LogP) is 36.2. The van der Waals surface area contributed by atoms with Gasteiger partial charge in [0.2, 0.25) is 0 Å². The van der Waals surface area contributed by atoms with E-state index in [9.17, 15) is 0 Å². The molecule has 0 N–H and O–H groups in total. The van der Waals surface area contributed by atoms with Gasteiger partial charge in [-0.25, -0.2) is 0 Å². The highest BCUT2D eigenvalue weighted by Crippen LogP contribution is 2.67. The van der Waals surface area contributed by atoms with Crippen LogP contribution in [0.5, 0.6) is 0 Å². The molecule has 0 atom stereocenters. The summed E-state index contributed by atoms with van der Waals surface area (Å²) in [5.41, 5.74) is 47.1. The molecule has 2 aliphatic carbocycles. The summed E-state index contributed by atoms with van der Waals surface area (Å²) >= 11 is 0. The number of aryl methyl sites for hydroxylation is 4. The number of hydrogen-bond donors (Lipinski definition) is 0. The van der Waals surface area contributed by atoms with Gasteiger partial charge in [0.1, 0.15) is 0 Å². The van der Waals surface area contributed by atoms with Crippen molar-refractivity contribution < 1.29 is 0 Å². The van der Waals surface area contributed by atoms with Crippen LogP contribution in [0, 0.1) is 27.7 Å². The summed E-state index contributed by atoms with van der Waals surface area (Å²) in [6, 6.07) is 193. The third-order valence-electron chi connectivity index (χ3n) is 33.4. The van der Waals surface area contributed by atoms with Crippen LogP contribution in [0.25, 0.3) is 43.8 Å². The van der Waals surface area contributed by atoms with E-state index in [-0.39, 0.29) is 10.8 Å². The minimum Gasteiger partial charge on any atom is -0.310 e. The van der Waals surface area contributed by atoms with Gasteiger partial charge in [-0.1, -0.05) is 462 Å². The number of rotatable bonds is 12. The van der Waals surface area contributed by atoms with E-state index in [0.29, 0.717) is 0 Å². The van der Waals surface area contributed by atoms with E-state index in [0.717, 1.165) is 22.7 Å². The fourth-order valence-corrected chi connectivity index (χ4v) is 26.8. The zero-order chi connectivity index (χ0) is 98.1. The molecule has 0 saturated heterocycles. The Morgan fingerprint density at radius 3 is 0.671 bits per heavy atom. The Labute approximate surface area is 856 Å². The number of fused-ring (bicyclic) bond motifs is 16. The molecule has 28 rings (SSSR count). The molecule has 4 heteroatoms. The minimum atomic E-state index is -0.622. The molecule has 0 fully saturated rings. The second-order valence-electron chi connectivity index (χ2n) is 41.9. The van der Waals surface area contributed by atoms with E-state index in [2.05, 4.69) is 585 Å². The molecule has 22 aromatic carbocycles. The van der Waals surface area contributed by atoms with Gasteiger partial charge in [-0.2, -0.15) is 0 Å². The Kier molecular flexibility index (Phi) is 20.2. The van der Waals surface area contributed by atoms with Crippen molar-refractivity contribution in [3.8, 4) is 22.3 Å². The molecule has 696 valence electrons. The topological polar surface area (TPSA) is 13.0 Å². The van der Waals surface area contributed by atoms with Crippen molar-refractivity contribution in [3.63, 3.8) is 0 Å². The summed E-state index contributed by atoms with van der Waals surface area (Å²) in [5.74, 6) is 0. The van der Waals surface area contributed by atoms with Gasteiger partial charge in [-0.15, -0.1) is 0 Å². The maximum atomic E-state index is 2.59. The maximum absolute atomic E-state index is 2.59. The monoisotopic (exact) mass is 1870 g/mol. The lowest BCUT2D eigenvalue weighted by atomic mass is 9.61. The van der Waals surface area contributed by atoms with E-state index in [4.69, 9.17) is 0 Å². The smallest absolute Gasteiger partial charge is 0.0742 e. The van der Waals surface area contributed by atoms with Gasteiger partial charge >= 0.3 is 0 Å². The first kappa shape index (κ1) is 87.6. The van der Waals surface area contributed by atoms with Gasteiger partial charge < -0.3 is 19.6 Å². The second kappa shape index (κ2) is 33.6. The Morgan fingerprint density at radius 1 is 0.144 bits per heavy atom. The van der Waals surface area contributed by atoms with Crippen LogP contribution in [0.2, 0.25) is 0 Å². The summed E-state index contributed by atoms with van der Waals surface area (Å²) < 4.78 is 0. The largest absolute Gasteiger partial charge is 0.310 e. The van der Waals surface area contributed by atoms with Gasteiger partial charge in [-0.3, -0.25) is 0 Å². The quantitative estimate of drug-likeness (QED) is 0.121. The lowest BCUT2D eigenvalue weighted by molar-refractivity contribution is 0.658. The summed E-state index contributed by atoms with van der Waals surface area (Å²) in [7, 11) is 0. The molecular formula is C142H108N4. The van der Waals surface area contributed by atoms with Crippen molar-refractivity contribution in [1.29, 1.82) is 0 Å². The third kappa shape index (κ3) is 12.7. The van der Waals surface area contributed by atoms with E-state index in [1.54, 1.807) is 0 Å². The van der Waals surface area contributed by atoms with Crippen LogP contribution in [0.1, 0.15) is 161 Å². The van der Waals surface area contributed by atoms with Crippen molar-refractivity contribution in [1.82, 2.24) is 0 Å². The van der Waals surface area contributed by atoms with Crippen molar-refractivity contribution in [2.24, 2.45) is 0 Å². The molecule has 0 radical (unpaired) electrons. The Bertz CT molecular complexity index is 8700. The molecule has 0 aromatic heterocycles. The third-order valence-corrected chi connectivity index (χ3v) is 33.4. The predicted molar refractivity (Wildman–Crippen MR) is 608 cm³/mol. The summed E-state index contributed by atoms with van der Waals surface area (Å²) in [6.07, 6.45) is 0. The average Bonchev–Trinajstić information content (AvgIpc) is 1.24. The fourth-order valence-electron chi connectivity index (χ4n) is 26.8. The molecule has 6 aliphatic rings. The normalized spacial score (nSPS) is 15.1. The Balaban J connectivity index is 0.000000145. The van der Waals surface area contributed by atoms with Crippen LogP contribution >= 0.6 is 0 Å². The number of hydrogen-bond acceptors (Lipinski definition) is 4. The first-order valence-electron chi connectivity index (χ1n) is 51.5. The van der Waals surface area contributed by atoms with Crippen LogP contribution in [0.3, 0.4) is 0 Å². The van der Waals surface area contributed by atoms with Crippen LogP contribution in [-0.4, -0.2) is 0 Å². The molecule has 4 aliphatic heterocycles. The number of benzene rings is 22. The van der Waals surface area contributed by atoms with Crippen molar-refractivity contribution in [2.45, 2.75) is 87.9 Å². The fraction of sp³-hybridized carbons (Fsp3) is 0.0986. The molecule has 0 amide bonds. The van der Waals surface area contributed by atoms with Gasteiger partial charge in [0.05, 0.1) is 78.5 Å². The van der Waals surface area contributed by atoms with Gasteiger partial charge in [-0.05, 0) is 269 Å². The number of nitrogens with zero attached hydrogens (tertiary/aromatic N) is 4. The molecule has 4 heterocycles. The lowest BCUT2D eigenvalue weighted by Gasteiger charge is -2.47. The van der Waals surface area contributed by atoms with Crippen molar-refractivity contribution in [3.05, 3.63) is 643 Å². The molecule has 4 nitrogen and oxygen atoms in total. The zero-order valence-electron chi connectivity index (χ0n) is 83.3. The molecule has 22 aromatic rings. The SMILES string of the molecule is CC1(C)c2ccccc2-c2cc3c(cc21)N(c1cccc2c(N4c5ccccc5C(c5ccccc5)(c5ccccc5)c5ccccc54)cccc12)c1ccccc1C3(c1ccccc1)c1ccccc1.Cc1ccc(C2(c3ccc(C)cc3)c3ccccc3N(c3ccc4cc(N5c6ccccc6C(c6ccc(C)cc6)(c6ccc(C)cc6)c6cc7c(cc65)C(C)(C)c5ccccc5-7)ccc4c3)c3ccccc32)cc1. The minimum absolute atomic E-state index is 0.189. The highest BCUT2D eigenvalue weighted by Gasteiger charge is 2.54. The second-order valence-corrected chi connectivity index (χ2v) is 41.9. The van der Waals surface area contributed by atoms with Crippen LogP contribution in [0.4, 0.5) is 68.2 Å². The van der Waals surface area contributed by atoms with Crippen LogP contribution in [0.15, 0.2) is 510 Å². The van der Waals surface area contributed by atoms with Crippen LogP contribution in [-0.2, 0) is 32.5 Å². The summed E-state index contributed by atoms with van der Waals surface area (Å²) in [6.45, 7) is 18.3. The maximum Gasteiger partial charge on any atom is 0.0742 e. The van der Waals surface area contributed by atoms with E-state index in [1.807, 2.05) is 0 Å². The van der Waals surface area contributed by atoms with E-state index >= 15 is 0 Å². The highest BCUT2D eigenvalue weighted by molar-refractivity contribution is 6.10. The number of anilines is 12.